The van der Waals surface area contributed by atoms with Crippen LogP contribution in [0.3, 0.4) is 0 Å². The van der Waals surface area contributed by atoms with E-state index in [1.165, 1.54) is 19.9 Å². The quantitative estimate of drug-likeness (QED) is 0.405. The van der Waals surface area contributed by atoms with Crippen LogP contribution in [0.2, 0.25) is 0 Å². The van der Waals surface area contributed by atoms with E-state index in [0.717, 1.165) is 0 Å². The van der Waals surface area contributed by atoms with Crippen molar-refractivity contribution in [2.24, 2.45) is 0 Å². The van der Waals surface area contributed by atoms with Gasteiger partial charge in [-0.25, -0.2) is 0 Å². The number of ether oxygens (including phenoxy) is 2. The Morgan fingerprint density at radius 2 is 1.64 bits per heavy atom. The minimum Gasteiger partial charge on any atom is -0.421 e. The fourth-order valence-electron chi connectivity index (χ4n) is 0.752. The van der Waals surface area contributed by atoms with Gasteiger partial charge in [0.25, 0.3) is 6.29 Å². The zero-order chi connectivity index (χ0) is 11.1. The van der Waals surface area contributed by atoms with E-state index in [0.29, 0.717) is 5.57 Å². The van der Waals surface area contributed by atoms with Gasteiger partial charge in [0.1, 0.15) is 0 Å². The van der Waals surface area contributed by atoms with Gasteiger partial charge in [0, 0.05) is 19.4 Å². The van der Waals surface area contributed by atoms with E-state index in [1.54, 1.807) is 6.92 Å². The first kappa shape index (κ1) is 12.6. The summed E-state index contributed by atoms with van der Waals surface area (Å²) in [5.41, 5.74) is 0.470. The summed E-state index contributed by atoms with van der Waals surface area (Å²) in [6.07, 6.45) is 0.355. The molecule has 80 valence electrons. The lowest BCUT2D eigenvalue weighted by Gasteiger charge is -2.16. The Labute approximate surface area is 82.3 Å². The first-order valence-electron chi connectivity index (χ1n) is 4.09. The molecule has 5 heteroatoms. The fraction of sp³-hybridized carbons (Fsp3) is 0.556. The second kappa shape index (κ2) is 6.15. The minimum absolute atomic E-state index is 0.204. The van der Waals surface area contributed by atoms with Gasteiger partial charge in [0.05, 0.1) is 6.61 Å². The highest BCUT2D eigenvalue weighted by Crippen LogP contribution is 2.08. The molecule has 0 radical (unpaired) electrons. The van der Waals surface area contributed by atoms with Crippen LogP contribution in [0.15, 0.2) is 11.6 Å². The fourth-order valence-corrected chi connectivity index (χ4v) is 0.752. The molecule has 5 nitrogen and oxygen atoms in total. The van der Waals surface area contributed by atoms with E-state index < -0.39 is 18.2 Å². The van der Waals surface area contributed by atoms with Crippen molar-refractivity contribution < 1.29 is 24.2 Å². The minimum atomic E-state index is -1.04. The van der Waals surface area contributed by atoms with Crippen molar-refractivity contribution in [1.82, 2.24) is 0 Å². The largest absolute Gasteiger partial charge is 0.421 e. The maximum atomic E-state index is 10.6. The molecule has 0 aliphatic rings. The molecule has 0 bridgehead atoms. The maximum Gasteiger partial charge on any atom is 0.305 e. The van der Waals surface area contributed by atoms with Crippen molar-refractivity contribution in [1.29, 1.82) is 0 Å². The van der Waals surface area contributed by atoms with Gasteiger partial charge in [-0.2, -0.15) is 0 Å². The number of carbonyl (C=O) groups is 2. The third kappa shape index (κ3) is 5.31. The first-order valence-corrected chi connectivity index (χ1v) is 4.09. The van der Waals surface area contributed by atoms with Crippen LogP contribution in [0.5, 0.6) is 0 Å². The number of esters is 2. The average molecular weight is 202 g/mol. The van der Waals surface area contributed by atoms with Crippen LogP contribution in [-0.4, -0.2) is 29.9 Å². The monoisotopic (exact) mass is 202 g/mol. The third-order valence-corrected chi connectivity index (χ3v) is 1.33. The number of carbonyl (C=O) groups excluding carboxylic acids is 2. The summed E-state index contributed by atoms with van der Waals surface area (Å²) in [7, 11) is 0. The molecule has 0 aliphatic carbocycles. The van der Waals surface area contributed by atoms with E-state index in [9.17, 15) is 9.59 Å². The molecule has 1 N–H and O–H groups in total. The van der Waals surface area contributed by atoms with E-state index in [4.69, 9.17) is 14.6 Å². The summed E-state index contributed by atoms with van der Waals surface area (Å²) >= 11 is 0. The molecule has 0 aromatic heterocycles. The lowest BCUT2D eigenvalue weighted by Crippen LogP contribution is -2.23. The molecule has 0 rings (SSSR count). The van der Waals surface area contributed by atoms with Crippen molar-refractivity contribution in [2.45, 2.75) is 27.1 Å². The average Bonchev–Trinajstić information content (AvgIpc) is 2.01. The summed E-state index contributed by atoms with van der Waals surface area (Å²) < 4.78 is 9.43. The first-order chi connectivity index (χ1) is 6.47. The van der Waals surface area contributed by atoms with Gasteiger partial charge in [-0.1, -0.05) is 6.08 Å². The molecule has 14 heavy (non-hydrogen) atoms. The van der Waals surface area contributed by atoms with Crippen LogP contribution in [0.25, 0.3) is 0 Å². The Hall–Kier alpha value is -1.36. The third-order valence-electron chi connectivity index (χ3n) is 1.33. The highest BCUT2D eigenvalue weighted by molar-refractivity contribution is 5.68. The smallest absolute Gasteiger partial charge is 0.305 e. The number of aliphatic hydroxyl groups excluding tert-OH is 1. The van der Waals surface area contributed by atoms with Crippen molar-refractivity contribution in [3.8, 4) is 0 Å². The van der Waals surface area contributed by atoms with Gasteiger partial charge in [0.2, 0.25) is 0 Å². The molecule has 0 aromatic rings. The van der Waals surface area contributed by atoms with E-state index >= 15 is 0 Å². The van der Waals surface area contributed by atoms with Crippen LogP contribution in [0.4, 0.5) is 0 Å². The summed E-state index contributed by atoms with van der Waals surface area (Å²) in [5, 5.41) is 8.60. The molecule has 0 unspecified atom stereocenters. The van der Waals surface area contributed by atoms with Crippen molar-refractivity contribution in [3.63, 3.8) is 0 Å². The predicted molar refractivity (Wildman–Crippen MR) is 48.2 cm³/mol. The van der Waals surface area contributed by atoms with Gasteiger partial charge in [-0.05, 0) is 6.92 Å². The van der Waals surface area contributed by atoms with Crippen LogP contribution in [0.1, 0.15) is 20.8 Å². The highest BCUT2D eigenvalue weighted by Gasteiger charge is 2.16. The molecule has 0 heterocycles. The van der Waals surface area contributed by atoms with Crippen molar-refractivity contribution in [3.05, 3.63) is 11.6 Å². The number of hydrogen-bond acceptors (Lipinski definition) is 5. The maximum absolute atomic E-state index is 10.6. The zero-order valence-corrected chi connectivity index (χ0v) is 8.44. The lowest BCUT2D eigenvalue weighted by atomic mass is 10.3. The Morgan fingerprint density at radius 1 is 1.21 bits per heavy atom. The standard InChI is InChI=1S/C9H14O5/c1-6(4-5-10)9(13-7(2)11)14-8(3)12/h4,9-10H,5H2,1-3H3/b6-4+. The normalized spacial score (nSPS) is 11.4. The van der Waals surface area contributed by atoms with Gasteiger partial charge in [0.15, 0.2) is 0 Å². The lowest BCUT2D eigenvalue weighted by molar-refractivity contribution is -0.178. The van der Waals surface area contributed by atoms with E-state index in [2.05, 4.69) is 0 Å². The Bertz CT molecular complexity index is 228. The molecular weight excluding hydrogens is 188 g/mol. The Kier molecular flexibility index (Phi) is 5.55. The topological polar surface area (TPSA) is 72.8 Å². The number of rotatable bonds is 4. The van der Waals surface area contributed by atoms with Crippen molar-refractivity contribution >= 4 is 11.9 Å². The summed E-state index contributed by atoms with van der Waals surface area (Å²) in [4.78, 5) is 21.3. The SMILES string of the molecule is CC(=O)OC(OC(C)=O)/C(C)=C/CO. The molecule has 0 spiro atoms. The zero-order valence-electron chi connectivity index (χ0n) is 8.44. The molecular formula is C9H14O5. The second-order valence-electron chi connectivity index (χ2n) is 2.68. The second-order valence-corrected chi connectivity index (χ2v) is 2.68. The van der Waals surface area contributed by atoms with Gasteiger partial charge >= 0.3 is 11.9 Å². The van der Waals surface area contributed by atoms with Gasteiger partial charge in [-0.3, -0.25) is 9.59 Å². The predicted octanol–water partition coefficient (Wildman–Crippen LogP) is 0.377. The highest BCUT2D eigenvalue weighted by atomic mass is 16.7. The number of hydrogen-bond donors (Lipinski definition) is 1. The summed E-state index contributed by atoms with van der Waals surface area (Å²) in [5.74, 6) is -1.11. The van der Waals surface area contributed by atoms with Crippen molar-refractivity contribution in [2.75, 3.05) is 6.61 Å². The molecule has 0 saturated heterocycles. The molecule has 0 aliphatic heterocycles. The summed E-state index contributed by atoms with van der Waals surface area (Å²) in [6, 6.07) is 0. The van der Waals surface area contributed by atoms with Crippen LogP contribution >= 0.6 is 0 Å². The Balaban J connectivity index is 4.45. The van der Waals surface area contributed by atoms with E-state index in [1.807, 2.05) is 0 Å². The molecule has 0 aromatic carbocycles. The Morgan fingerprint density at radius 3 is 1.93 bits per heavy atom. The van der Waals surface area contributed by atoms with Gasteiger partial charge < -0.3 is 14.6 Å². The molecule has 0 saturated carbocycles. The van der Waals surface area contributed by atoms with E-state index in [-0.39, 0.29) is 6.61 Å². The molecule has 0 fully saturated rings. The van der Waals surface area contributed by atoms with Crippen LogP contribution in [-0.2, 0) is 19.1 Å². The summed E-state index contributed by atoms with van der Waals surface area (Å²) in [6.45, 7) is 3.81. The van der Waals surface area contributed by atoms with Crippen LogP contribution < -0.4 is 0 Å². The van der Waals surface area contributed by atoms with Crippen LogP contribution in [0, 0.1) is 0 Å². The molecule has 0 atom stereocenters. The van der Waals surface area contributed by atoms with Gasteiger partial charge in [-0.15, -0.1) is 0 Å². The molecule has 0 amide bonds. The number of aliphatic hydroxyl groups is 1.